The lowest BCUT2D eigenvalue weighted by molar-refractivity contribution is -0.387. The first kappa shape index (κ1) is 15.2. The van der Waals surface area contributed by atoms with Gasteiger partial charge in [-0.3, -0.25) is 19.1 Å². The molecule has 0 saturated heterocycles. The quantitative estimate of drug-likeness (QED) is 0.635. The van der Waals surface area contributed by atoms with Gasteiger partial charge in [0.25, 0.3) is 0 Å². The second-order valence-electron chi connectivity index (χ2n) is 4.00. The Morgan fingerprint density at radius 3 is 2.74 bits per heavy atom. The Balaban J connectivity index is 2.83. The van der Waals surface area contributed by atoms with Gasteiger partial charge in [-0.05, 0) is 0 Å². The molecule has 1 aromatic carbocycles. The minimum Gasteiger partial charge on any atom is -0.481 e. The van der Waals surface area contributed by atoms with Crippen molar-refractivity contribution >= 4 is 22.5 Å². The molecule has 1 aromatic rings. The second-order valence-corrected chi connectivity index (χ2v) is 5.50. The Bertz CT molecular complexity index is 534. The zero-order valence-corrected chi connectivity index (χ0v) is 10.9. The fourth-order valence-corrected chi connectivity index (χ4v) is 2.79. The number of nitro groups is 1. The maximum atomic E-state index is 13.7. The molecule has 1 N–H and O–H groups in total. The SMILES string of the molecule is CC(CS(=O)Cc1cccc([N+](=O)[O-])c1F)C(=O)O. The van der Waals surface area contributed by atoms with Crippen molar-refractivity contribution in [2.45, 2.75) is 12.7 Å². The van der Waals surface area contributed by atoms with E-state index in [2.05, 4.69) is 0 Å². The van der Waals surface area contributed by atoms with E-state index in [4.69, 9.17) is 5.11 Å². The monoisotopic (exact) mass is 289 g/mol. The molecule has 0 spiro atoms. The van der Waals surface area contributed by atoms with Crippen molar-refractivity contribution in [2.24, 2.45) is 5.92 Å². The fourth-order valence-electron chi connectivity index (χ4n) is 1.40. The van der Waals surface area contributed by atoms with Crippen LogP contribution in [0.25, 0.3) is 0 Å². The maximum absolute atomic E-state index is 13.7. The first-order chi connectivity index (χ1) is 8.82. The van der Waals surface area contributed by atoms with E-state index in [-0.39, 0.29) is 17.1 Å². The summed E-state index contributed by atoms with van der Waals surface area (Å²) in [6, 6.07) is 3.61. The summed E-state index contributed by atoms with van der Waals surface area (Å²) in [5, 5.41) is 19.2. The highest BCUT2D eigenvalue weighted by Gasteiger charge is 2.20. The van der Waals surface area contributed by atoms with Gasteiger partial charge in [0.15, 0.2) is 0 Å². The van der Waals surface area contributed by atoms with Crippen molar-refractivity contribution in [3.63, 3.8) is 0 Å². The predicted octanol–water partition coefficient (Wildman–Crippen LogP) is 1.70. The molecule has 1 rings (SSSR count). The maximum Gasteiger partial charge on any atom is 0.307 e. The van der Waals surface area contributed by atoms with E-state index >= 15 is 0 Å². The van der Waals surface area contributed by atoms with Crippen molar-refractivity contribution in [3.05, 3.63) is 39.7 Å². The lowest BCUT2D eigenvalue weighted by Crippen LogP contribution is -2.18. The second kappa shape index (κ2) is 6.37. The number of carboxylic acid groups (broad SMARTS) is 1. The van der Waals surface area contributed by atoms with Gasteiger partial charge in [0.05, 0.1) is 16.6 Å². The van der Waals surface area contributed by atoms with Crippen molar-refractivity contribution in [1.29, 1.82) is 0 Å². The number of nitro benzene ring substituents is 1. The van der Waals surface area contributed by atoms with Crippen LogP contribution in [0.5, 0.6) is 0 Å². The third kappa shape index (κ3) is 4.09. The van der Waals surface area contributed by atoms with Gasteiger partial charge in [0.2, 0.25) is 5.82 Å². The molecule has 0 amide bonds. The molecular weight excluding hydrogens is 277 g/mol. The van der Waals surface area contributed by atoms with Gasteiger partial charge in [-0.2, -0.15) is 4.39 Å². The van der Waals surface area contributed by atoms with E-state index in [1.165, 1.54) is 19.1 Å². The summed E-state index contributed by atoms with van der Waals surface area (Å²) < 4.78 is 25.4. The van der Waals surface area contributed by atoms with Crippen molar-refractivity contribution < 1.29 is 23.4 Å². The number of halogens is 1. The molecule has 0 heterocycles. The smallest absolute Gasteiger partial charge is 0.307 e. The molecule has 0 aliphatic carbocycles. The van der Waals surface area contributed by atoms with Gasteiger partial charge in [0.1, 0.15) is 0 Å². The van der Waals surface area contributed by atoms with Crippen LogP contribution >= 0.6 is 0 Å². The van der Waals surface area contributed by atoms with Crippen molar-refractivity contribution in [3.8, 4) is 0 Å². The van der Waals surface area contributed by atoms with E-state index in [0.717, 1.165) is 6.07 Å². The molecule has 0 saturated carbocycles. The molecule has 0 aliphatic heterocycles. The minimum atomic E-state index is -1.60. The number of nitrogens with zero attached hydrogens (tertiary/aromatic N) is 1. The Morgan fingerprint density at radius 1 is 1.58 bits per heavy atom. The lowest BCUT2D eigenvalue weighted by Gasteiger charge is -2.07. The Labute approximate surface area is 110 Å². The van der Waals surface area contributed by atoms with E-state index < -0.39 is 39.1 Å². The van der Waals surface area contributed by atoms with Crippen LogP contribution in [0.3, 0.4) is 0 Å². The third-order valence-corrected chi connectivity index (χ3v) is 3.93. The highest BCUT2D eigenvalue weighted by molar-refractivity contribution is 7.84. The molecule has 2 atom stereocenters. The van der Waals surface area contributed by atoms with Crippen molar-refractivity contribution in [1.82, 2.24) is 0 Å². The minimum absolute atomic E-state index is 0.0508. The normalized spacial score (nSPS) is 13.8. The fraction of sp³-hybridized carbons (Fsp3) is 0.364. The average molecular weight is 289 g/mol. The van der Waals surface area contributed by atoms with Gasteiger partial charge in [0, 0.05) is 28.2 Å². The number of hydrogen-bond acceptors (Lipinski definition) is 4. The first-order valence-electron chi connectivity index (χ1n) is 5.32. The van der Waals surface area contributed by atoms with E-state index in [0.29, 0.717) is 0 Å². The zero-order chi connectivity index (χ0) is 14.6. The Kier molecular flexibility index (Phi) is 5.11. The number of carbonyl (C=O) groups is 1. The summed E-state index contributed by atoms with van der Waals surface area (Å²) >= 11 is 0. The molecular formula is C11H12FNO5S. The Morgan fingerprint density at radius 2 is 2.21 bits per heavy atom. The predicted molar refractivity (Wildman–Crippen MR) is 66.6 cm³/mol. The van der Waals surface area contributed by atoms with Gasteiger partial charge in [-0.25, -0.2) is 0 Å². The van der Waals surface area contributed by atoms with Crippen molar-refractivity contribution in [2.75, 3.05) is 5.75 Å². The summed E-state index contributed by atoms with van der Waals surface area (Å²) in [7, 11) is -1.60. The molecule has 19 heavy (non-hydrogen) atoms. The van der Waals surface area contributed by atoms with Gasteiger partial charge in [-0.15, -0.1) is 0 Å². The number of hydrogen-bond donors (Lipinski definition) is 1. The molecule has 0 aliphatic rings. The van der Waals surface area contributed by atoms with Gasteiger partial charge >= 0.3 is 11.7 Å². The molecule has 6 nitrogen and oxygen atoms in total. The molecule has 8 heteroatoms. The van der Waals surface area contributed by atoms with E-state index in [1.54, 1.807) is 0 Å². The highest BCUT2D eigenvalue weighted by Crippen LogP contribution is 2.21. The van der Waals surface area contributed by atoms with Crippen LogP contribution in [0, 0.1) is 21.8 Å². The number of aliphatic carboxylic acids is 1. The van der Waals surface area contributed by atoms with E-state index in [1.807, 2.05) is 0 Å². The first-order valence-corrected chi connectivity index (χ1v) is 6.81. The van der Waals surface area contributed by atoms with Crippen LogP contribution in [-0.4, -0.2) is 26.0 Å². The summed E-state index contributed by atoms with van der Waals surface area (Å²) in [6.45, 7) is 1.39. The Hall–Kier alpha value is -1.83. The van der Waals surface area contributed by atoms with E-state index in [9.17, 15) is 23.5 Å². The zero-order valence-electron chi connectivity index (χ0n) is 10.0. The van der Waals surface area contributed by atoms with Gasteiger partial charge < -0.3 is 5.11 Å². The summed E-state index contributed by atoms with van der Waals surface area (Å²) in [6.07, 6.45) is 0. The third-order valence-electron chi connectivity index (χ3n) is 2.43. The largest absolute Gasteiger partial charge is 0.481 e. The average Bonchev–Trinajstić information content (AvgIpc) is 2.31. The van der Waals surface area contributed by atoms with Crippen LogP contribution in [-0.2, 0) is 21.3 Å². The highest BCUT2D eigenvalue weighted by atomic mass is 32.2. The number of carboxylic acids is 1. The van der Waals surface area contributed by atoms with Crippen LogP contribution in [0.15, 0.2) is 18.2 Å². The van der Waals surface area contributed by atoms with Gasteiger partial charge in [-0.1, -0.05) is 19.1 Å². The van der Waals surface area contributed by atoms with Crippen LogP contribution in [0.4, 0.5) is 10.1 Å². The molecule has 2 unspecified atom stereocenters. The summed E-state index contributed by atoms with van der Waals surface area (Å²) in [4.78, 5) is 20.3. The van der Waals surface area contributed by atoms with Crippen LogP contribution in [0.2, 0.25) is 0 Å². The van der Waals surface area contributed by atoms with Crippen LogP contribution in [0.1, 0.15) is 12.5 Å². The molecule has 104 valence electrons. The standard InChI is InChI=1S/C11H12FNO5S/c1-7(11(14)15)5-19(18)6-8-3-2-4-9(10(8)12)13(16)17/h2-4,7H,5-6H2,1H3,(H,14,15). The van der Waals surface area contributed by atoms with Crippen LogP contribution < -0.4 is 0 Å². The number of benzene rings is 1. The summed E-state index contributed by atoms with van der Waals surface area (Å²) in [5.74, 6) is -3.30. The lowest BCUT2D eigenvalue weighted by atomic mass is 10.2. The molecule has 0 bridgehead atoms. The topological polar surface area (TPSA) is 97.5 Å². The molecule has 0 fully saturated rings. The molecule has 0 radical (unpaired) electrons. The molecule has 0 aromatic heterocycles. The summed E-state index contributed by atoms with van der Waals surface area (Å²) in [5.41, 5.74) is -0.731. The number of rotatable bonds is 6.